The molecule has 2 rings (SSSR count). The number of urea groups is 1. The Morgan fingerprint density at radius 2 is 2.36 bits per heavy atom. The van der Waals surface area contributed by atoms with Gasteiger partial charge < -0.3 is 15.4 Å². The molecular weight excluding hydrogens is 182 g/mol. The fourth-order valence-corrected chi connectivity index (χ4v) is 1.85. The van der Waals surface area contributed by atoms with E-state index < -0.39 is 0 Å². The van der Waals surface area contributed by atoms with Gasteiger partial charge in [-0.05, 0) is 18.8 Å². The van der Waals surface area contributed by atoms with Gasteiger partial charge in [0, 0.05) is 13.7 Å². The number of carbonyl (C=O) groups is 1. The van der Waals surface area contributed by atoms with Gasteiger partial charge in [0.25, 0.3) is 0 Å². The number of ether oxygens (including phenoxy) is 1. The van der Waals surface area contributed by atoms with Crippen molar-refractivity contribution in [3.05, 3.63) is 0 Å². The summed E-state index contributed by atoms with van der Waals surface area (Å²) in [5, 5.41) is 0. The van der Waals surface area contributed by atoms with E-state index >= 15 is 0 Å². The summed E-state index contributed by atoms with van der Waals surface area (Å²) in [5.41, 5.74) is 5.72. The molecule has 5 heteroatoms. The molecule has 0 spiro atoms. The van der Waals surface area contributed by atoms with Gasteiger partial charge in [-0.3, -0.25) is 0 Å². The zero-order chi connectivity index (χ0) is 10.1. The minimum Gasteiger partial charge on any atom is -0.385 e. The minimum absolute atomic E-state index is 0.0395. The van der Waals surface area contributed by atoms with E-state index in [2.05, 4.69) is 4.99 Å². The van der Waals surface area contributed by atoms with Crippen LogP contribution >= 0.6 is 0 Å². The number of hydrogen-bond donors (Lipinski definition) is 1. The molecule has 0 aromatic rings. The van der Waals surface area contributed by atoms with Crippen LogP contribution < -0.4 is 5.73 Å². The fourth-order valence-electron chi connectivity index (χ4n) is 1.85. The molecule has 1 saturated carbocycles. The van der Waals surface area contributed by atoms with Gasteiger partial charge >= 0.3 is 6.03 Å². The molecule has 0 aromatic heterocycles. The Labute approximate surface area is 82.9 Å². The second-order valence-corrected chi connectivity index (χ2v) is 3.79. The van der Waals surface area contributed by atoms with Gasteiger partial charge in [0.15, 0.2) is 0 Å². The largest absolute Gasteiger partial charge is 0.385 e. The summed E-state index contributed by atoms with van der Waals surface area (Å²) in [6.07, 6.45) is 2.30. The quantitative estimate of drug-likeness (QED) is 0.700. The van der Waals surface area contributed by atoms with Crippen LogP contribution in [0.5, 0.6) is 0 Å². The van der Waals surface area contributed by atoms with E-state index in [0.29, 0.717) is 24.9 Å². The van der Waals surface area contributed by atoms with Crippen molar-refractivity contribution in [1.29, 1.82) is 0 Å². The Kier molecular flexibility index (Phi) is 2.41. The van der Waals surface area contributed by atoms with E-state index in [1.165, 1.54) is 0 Å². The van der Waals surface area contributed by atoms with Gasteiger partial charge in [0.05, 0.1) is 12.6 Å². The Hall–Kier alpha value is -1.10. The number of nitrogens with zero attached hydrogens (tertiary/aromatic N) is 2. The lowest BCUT2D eigenvalue weighted by Gasteiger charge is -2.23. The highest BCUT2D eigenvalue weighted by atomic mass is 16.5. The SMILES string of the molecule is COCCN1C(=O)N=C(N)C1C1CC1. The molecule has 1 unspecified atom stereocenters. The molecule has 5 nitrogen and oxygen atoms in total. The summed E-state index contributed by atoms with van der Waals surface area (Å²) in [4.78, 5) is 16.9. The number of amides is 2. The second kappa shape index (κ2) is 3.57. The van der Waals surface area contributed by atoms with Crippen molar-refractivity contribution in [1.82, 2.24) is 4.90 Å². The average Bonchev–Trinajstić information content (AvgIpc) is 2.91. The molecule has 2 N–H and O–H groups in total. The summed E-state index contributed by atoms with van der Waals surface area (Å²) in [6, 6.07) is -0.172. The monoisotopic (exact) mass is 197 g/mol. The molecule has 1 heterocycles. The van der Waals surface area contributed by atoms with Crippen LogP contribution in [0.1, 0.15) is 12.8 Å². The molecule has 1 aliphatic carbocycles. The number of rotatable bonds is 4. The summed E-state index contributed by atoms with van der Waals surface area (Å²) < 4.78 is 4.95. The van der Waals surface area contributed by atoms with Crippen LogP contribution in [0.2, 0.25) is 0 Å². The number of aliphatic imine (C=N–C) groups is 1. The third-order valence-corrected chi connectivity index (χ3v) is 2.71. The molecule has 0 aromatic carbocycles. The molecule has 78 valence electrons. The van der Waals surface area contributed by atoms with Gasteiger partial charge in [-0.1, -0.05) is 0 Å². The van der Waals surface area contributed by atoms with Crippen LogP contribution in [-0.2, 0) is 4.74 Å². The molecule has 0 bridgehead atoms. The smallest absolute Gasteiger partial charge is 0.345 e. The normalized spacial score (nSPS) is 26.9. The third-order valence-electron chi connectivity index (χ3n) is 2.71. The number of carbonyl (C=O) groups excluding carboxylic acids is 1. The Balaban J connectivity index is 2.02. The molecule has 1 aliphatic heterocycles. The molecular formula is C9H15N3O2. The van der Waals surface area contributed by atoms with Crippen molar-refractivity contribution in [3.8, 4) is 0 Å². The highest BCUT2D eigenvalue weighted by Crippen LogP contribution is 2.37. The van der Waals surface area contributed by atoms with Crippen molar-refractivity contribution in [2.24, 2.45) is 16.6 Å². The van der Waals surface area contributed by atoms with E-state index in [-0.39, 0.29) is 12.1 Å². The first-order valence-corrected chi connectivity index (χ1v) is 4.87. The predicted molar refractivity (Wildman–Crippen MR) is 52.1 cm³/mol. The van der Waals surface area contributed by atoms with Crippen LogP contribution in [0.3, 0.4) is 0 Å². The third kappa shape index (κ3) is 1.59. The zero-order valence-corrected chi connectivity index (χ0v) is 8.27. The number of hydrogen-bond acceptors (Lipinski definition) is 3. The molecule has 0 saturated heterocycles. The summed E-state index contributed by atoms with van der Waals surface area (Å²) >= 11 is 0. The molecule has 1 atom stereocenters. The first-order valence-electron chi connectivity index (χ1n) is 4.87. The lowest BCUT2D eigenvalue weighted by molar-refractivity contribution is 0.147. The van der Waals surface area contributed by atoms with Gasteiger partial charge in [-0.2, -0.15) is 4.99 Å². The highest BCUT2D eigenvalue weighted by molar-refractivity contribution is 6.03. The number of nitrogens with two attached hydrogens (primary N) is 1. The lowest BCUT2D eigenvalue weighted by Crippen LogP contribution is -2.43. The van der Waals surface area contributed by atoms with Gasteiger partial charge in [-0.25, -0.2) is 4.79 Å². The van der Waals surface area contributed by atoms with Crippen LogP contribution in [0.25, 0.3) is 0 Å². The average molecular weight is 197 g/mol. The minimum atomic E-state index is -0.212. The van der Waals surface area contributed by atoms with Crippen LogP contribution in [0.4, 0.5) is 4.79 Å². The van der Waals surface area contributed by atoms with Crippen LogP contribution in [0, 0.1) is 5.92 Å². The van der Waals surface area contributed by atoms with Crippen molar-refractivity contribution >= 4 is 11.9 Å². The molecule has 0 radical (unpaired) electrons. The predicted octanol–water partition coefficient (Wildman–Crippen LogP) is 0.204. The Morgan fingerprint density at radius 3 is 2.93 bits per heavy atom. The first-order chi connectivity index (χ1) is 6.74. The summed E-state index contributed by atoms with van der Waals surface area (Å²) in [5.74, 6) is 1.01. The van der Waals surface area contributed by atoms with E-state index in [1.54, 1.807) is 12.0 Å². The van der Waals surface area contributed by atoms with Crippen LogP contribution in [0.15, 0.2) is 4.99 Å². The number of methoxy groups -OCH3 is 1. The molecule has 2 aliphatic rings. The maximum Gasteiger partial charge on any atom is 0.345 e. The van der Waals surface area contributed by atoms with Gasteiger partial charge in [0.1, 0.15) is 5.84 Å². The Bertz CT molecular complexity index is 273. The van der Waals surface area contributed by atoms with Gasteiger partial charge in [-0.15, -0.1) is 0 Å². The number of amidine groups is 1. The fraction of sp³-hybridized carbons (Fsp3) is 0.778. The molecule has 14 heavy (non-hydrogen) atoms. The van der Waals surface area contributed by atoms with Crippen molar-refractivity contribution in [2.45, 2.75) is 18.9 Å². The standard InChI is InChI=1S/C9H15N3O2/c1-14-5-4-12-7(6-2-3-6)8(10)11-9(12)13/h6-7H,2-5H2,1H3,(H2,10,11,13). The highest BCUT2D eigenvalue weighted by Gasteiger charge is 2.43. The van der Waals surface area contributed by atoms with E-state index in [0.717, 1.165) is 12.8 Å². The topological polar surface area (TPSA) is 67.9 Å². The zero-order valence-electron chi connectivity index (χ0n) is 8.27. The summed E-state index contributed by atoms with van der Waals surface area (Å²) in [6.45, 7) is 1.12. The molecule has 1 fully saturated rings. The maximum atomic E-state index is 11.4. The lowest BCUT2D eigenvalue weighted by atomic mass is 10.1. The van der Waals surface area contributed by atoms with Crippen molar-refractivity contribution < 1.29 is 9.53 Å². The van der Waals surface area contributed by atoms with Crippen LogP contribution in [-0.4, -0.2) is 43.1 Å². The summed E-state index contributed by atoms with van der Waals surface area (Å²) in [7, 11) is 1.62. The Morgan fingerprint density at radius 1 is 1.64 bits per heavy atom. The van der Waals surface area contributed by atoms with Crippen molar-refractivity contribution in [2.75, 3.05) is 20.3 Å². The van der Waals surface area contributed by atoms with E-state index in [1.807, 2.05) is 0 Å². The maximum absolute atomic E-state index is 11.4. The molecule has 2 amide bonds. The van der Waals surface area contributed by atoms with E-state index in [4.69, 9.17) is 10.5 Å². The second-order valence-electron chi connectivity index (χ2n) is 3.79. The van der Waals surface area contributed by atoms with Gasteiger partial charge in [0.2, 0.25) is 0 Å². The first kappa shape index (κ1) is 9.45. The van der Waals surface area contributed by atoms with E-state index in [9.17, 15) is 4.79 Å². The van der Waals surface area contributed by atoms with Crippen molar-refractivity contribution in [3.63, 3.8) is 0 Å².